The SMILES string of the molecule is CP(=O)(O)O[C@@H]1[C@H](OP(=O)(O)O)[C@H](OP(=O)(O)O)[C@@H](OP(=O)(O)O)[C@H](OP(=O)(O)O)[C@H]1OP(=O)(O)O. The van der Waals surface area contributed by atoms with Crippen LogP contribution in [0.25, 0.3) is 0 Å². The molecule has 1 fully saturated rings. The van der Waals surface area contributed by atoms with Crippen LogP contribution < -0.4 is 0 Å². The minimum absolute atomic E-state index is 0.353. The van der Waals surface area contributed by atoms with Crippen molar-refractivity contribution in [1.29, 1.82) is 0 Å². The molecular weight excluding hydrogens is 638 g/mol. The van der Waals surface area contributed by atoms with E-state index in [1.807, 2.05) is 0 Å². The standard InChI is InChI=1S/C7H20O23P6/c1-31(8,9)25-2-3(26-32(10,11)12)5(28-34(16,17)18)7(30-36(22,23)24)6(29-35(19,20)21)4(2)27-33(13,14)15/h2-7H,1H3,(H,8,9)(H2,10,11,12)(H2,13,14,15)(H2,16,17,18)(H2,19,20,21)(H2,22,23,24)/t2-,3-,4-,5+,6-,7-/m0/s1. The molecule has 0 spiro atoms. The Bertz CT molecular complexity index is 820. The van der Waals surface area contributed by atoms with Gasteiger partial charge in [-0.05, 0) is 0 Å². The molecule has 36 heavy (non-hydrogen) atoms. The van der Waals surface area contributed by atoms with Crippen LogP contribution in [0, 0.1) is 0 Å². The summed E-state index contributed by atoms with van der Waals surface area (Å²) in [6.07, 6.45) is -18.0. The molecule has 1 unspecified atom stereocenters. The maximum atomic E-state index is 11.9. The second-order valence-electron chi connectivity index (χ2n) is 6.68. The van der Waals surface area contributed by atoms with Crippen LogP contribution in [0.15, 0.2) is 0 Å². The summed E-state index contributed by atoms with van der Waals surface area (Å²) < 4.78 is 94.7. The zero-order chi connectivity index (χ0) is 28.7. The Hall–Kier alpha value is 0.700. The Morgan fingerprint density at radius 1 is 0.361 bits per heavy atom. The minimum Gasteiger partial charge on any atom is -0.324 e. The molecule has 0 bridgehead atoms. The molecule has 216 valence electrons. The Kier molecular flexibility index (Phi) is 11.3. The quantitative estimate of drug-likeness (QED) is 0.0972. The molecule has 0 aromatic rings. The van der Waals surface area contributed by atoms with E-state index in [1.54, 1.807) is 0 Å². The van der Waals surface area contributed by atoms with Gasteiger partial charge in [-0.3, -0.25) is 31.7 Å². The van der Waals surface area contributed by atoms with Crippen LogP contribution in [0.4, 0.5) is 0 Å². The van der Waals surface area contributed by atoms with Gasteiger partial charge in [-0.1, -0.05) is 0 Å². The molecule has 0 radical (unpaired) electrons. The van der Waals surface area contributed by atoms with Gasteiger partial charge >= 0.3 is 46.7 Å². The number of hydrogen-bond donors (Lipinski definition) is 11. The number of phosphoric ester groups is 5. The van der Waals surface area contributed by atoms with Gasteiger partial charge in [0, 0.05) is 6.66 Å². The predicted octanol–water partition coefficient (Wildman–Crippen LogP) is -2.41. The van der Waals surface area contributed by atoms with E-state index in [0.29, 0.717) is 6.66 Å². The van der Waals surface area contributed by atoms with Crippen molar-refractivity contribution < 1.29 is 108 Å². The van der Waals surface area contributed by atoms with E-state index in [4.69, 9.17) is 0 Å². The molecule has 29 heteroatoms. The summed E-state index contributed by atoms with van der Waals surface area (Å²) in [5, 5.41) is 0. The molecule has 1 aliphatic rings. The first-order valence-corrected chi connectivity index (χ1v) is 17.9. The van der Waals surface area contributed by atoms with E-state index in [-0.39, 0.29) is 0 Å². The van der Waals surface area contributed by atoms with Gasteiger partial charge in [0.1, 0.15) is 36.6 Å². The average molecular weight is 658 g/mol. The van der Waals surface area contributed by atoms with Crippen molar-refractivity contribution in [3.8, 4) is 0 Å². The van der Waals surface area contributed by atoms with E-state index in [0.717, 1.165) is 0 Å². The van der Waals surface area contributed by atoms with Gasteiger partial charge in [0.25, 0.3) is 0 Å². The molecule has 0 aliphatic heterocycles. The Labute approximate surface area is 199 Å². The molecule has 23 nitrogen and oxygen atoms in total. The summed E-state index contributed by atoms with van der Waals surface area (Å²) in [7, 11) is -34.8. The normalized spacial score (nSPS) is 30.7. The zero-order valence-corrected chi connectivity index (χ0v) is 22.3. The van der Waals surface area contributed by atoms with E-state index in [9.17, 15) is 81.2 Å². The third kappa shape index (κ3) is 13.2. The summed E-state index contributed by atoms with van der Waals surface area (Å²) in [5.74, 6) is 0. The fraction of sp³-hybridized carbons (Fsp3) is 1.00. The molecule has 1 saturated carbocycles. The van der Waals surface area contributed by atoms with E-state index in [2.05, 4.69) is 27.1 Å². The summed E-state index contributed by atoms with van der Waals surface area (Å²) in [4.78, 5) is 101. The van der Waals surface area contributed by atoms with Gasteiger partial charge in [0.2, 0.25) is 0 Å². The molecule has 0 aromatic carbocycles. The average Bonchev–Trinajstić information content (AvgIpc) is 2.51. The molecule has 0 aromatic heterocycles. The first-order valence-electron chi connectivity index (χ1n) is 8.25. The molecule has 11 N–H and O–H groups in total. The molecule has 1 rings (SSSR count). The highest BCUT2D eigenvalue weighted by atomic mass is 31.2. The Balaban J connectivity index is 4.04. The van der Waals surface area contributed by atoms with Crippen LogP contribution >= 0.6 is 46.7 Å². The summed E-state index contributed by atoms with van der Waals surface area (Å²) in [6, 6.07) is 0. The van der Waals surface area contributed by atoms with Crippen molar-refractivity contribution in [2.75, 3.05) is 6.66 Å². The molecule has 0 heterocycles. The van der Waals surface area contributed by atoms with E-state index in [1.165, 1.54) is 0 Å². The van der Waals surface area contributed by atoms with Crippen molar-refractivity contribution in [3.63, 3.8) is 0 Å². The van der Waals surface area contributed by atoms with Crippen LogP contribution in [0.2, 0.25) is 0 Å². The van der Waals surface area contributed by atoms with E-state index < -0.39 is 83.3 Å². The topological polar surface area (TPSA) is 380 Å². The number of hydrogen-bond acceptors (Lipinski definition) is 12. The minimum atomic E-state index is -5.97. The van der Waals surface area contributed by atoms with Crippen LogP contribution in [-0.2, 0) is 54.5 Å². The smallest absolute Gasteiger partial charge is 0.324 e. The van der Waals surface area contributed by atoms with Crippen LogP contribution in [0.5, 0.6) is 0 Å². The third-order valence-electron chi connectivity index (χ3n) is 3.56. The largest absolute Gasteiger partial charge is 0.470 e. The maximum Gasteiger partial charge on any atom is 0.470 e. The Morgan fingerprint density at radius 3 is 0.611 bits per heavy atom. The van der Waals surface area contributed by atoms with Crippen LogP contribution in [0.3, 0.4) is 0 Å². The second-order valence-corrected chi connectivity index (χ2v) is 14.5. The zero-order valence-electron chi connectivity index (χ0n) is 17.0. The molecule has 0 amide bonds. The van der Waals surface area contributed by atoms with E-state index >= 15 is 0 Å². The lowest BCUT2D eigenvalue weighted by Gasteiger charge is -2.48. The van der Waals surface area contributed by atoms with Crippen molar-refractivity contribution in [2.45, 2.75) is 36.6 Å². The van der Waals surface area contributed by atoms with Gasteiger partial charge < -0.3 is 53.8 Å². The lowest BCUT2D eigenvalue weighted by molar-refractivity contribution is -0.200. The fourth-order valence-corrected chi connectivity index (χ4v) is 6.34. The highest BCUT2D eigenvalue weighted by Gasteiger charge is 2.62. The second kappa shape index (κ2) is 11.7. The Morgan fingerprint density at radius 2 is 0.500 bits per heavy atom. The van der Waals surface area contributed by atoms with Crippen molar-refractivity contribution in [3.05, 3.63) is 0 Å². The van der Waals surface area contributed by atoms with Crippen LogP contribution in [-0.4, -0.2) is 97.1 Å². The molecular formula is C7H20O23P6. The van der Waals surface area contributed by atoms with Crippen LogP contribution in [0.1, 0.15) is 0 Å². The highest BCUT2D eigenvalue weighted by molar-refractivity contribution is 7.52. The fourth-order valence-electron chi connectivity index (χ4n) is 2.86. The highest BCUT2D eigenvalue weighted by Crippen LogP contribution is 2.57. The van der Waals surface area contributed by atoms with Gasteiger partial charge in [-0.25, -0.2) is 22.8 Å². The first kappa shape index (κ1) is 34.7. The van der Waals surface area contributed by atoms with Gasteiger partial charge in [0.05, 0.1) is 0 Å². The number of phosphoric acid groups is 5. The third-order valence-corrected chi connectivity index (χ3v) is 6.78. The monoisotopic (exact) mass is 658 g/mol. The van der Waals surface area contributed by atoms with Gasteiger partial charge in [-0.2, -0.15) is 0 Å². The van der Waals surface area contributed by atoms with Crippen molar-refractivity contribution in [2.24, 2.45) is 0 Å². The summed E-state index contributed by atoms with van der Waals surface area (Å²) in [6.45, 7) is 0.353. The van der Waals surface area contributed by atoms with Gasteiger partial charge in [-0.15, -0.1) is 0 Å². The molecule has 0 saturated heterocycles. The molecule has 7 atom stereocenters. The van der Waals surface area contributed by atoms with Gasteiger partial charge in [0.15, 0.2) is 0 Å². The number of rotatable bonds is 12. The lowest BCUT2D eigenvalue weighted by Crippen LogP contribution is -2.66. The summed E-state index contributed by atoms with van der Waals surface area (Å²) in [5.41, 5.74) is 0. The predicted molar refractivity (Wildman–Crippen MR) is 105 cm³/mol. The van der Waals surface area contributed by atoms with Crippen molar-refractivity contribution >= 4 is 46.7 Å². The lowest BCUT2D eigenvalue weighted by atomic mass is 9.85. The first-order chi connectivity index (χ1) is 15.6. The molecule has 1 aliphatic carbocycles. The maximum absolute atomic E-state index is 11.9. The summed E-state index contributed by atoms with van der Waals surface area (Å²) >= 11 is 0. The van der Waals surface area contributed by atoms with Crippen molar-refractivity contribution in [1.82, 2.24) is 0 Å².